The first kappa shape index (κ1) is 62.9. The average molecular weight is 1160 g/mol. The van der Waals surface area contributed by atoms with Crippen molar-refractivity contribution in [2.75, 3.05) is 32.8 Å². The number of Topliss-reactive ketones (excluding diaryl/α,β-unsaturated/α-hetero) is 1. The predicted molar refractivity (Wildman–Crippen MR) is 311 cm³/mol. The van der Waals surface area contributed by atoms with E-state index in [2.05, 4.69) is 36.8 Å². The number of aromatic nitrogens is 3. The van der Waals surface area contributed by atoms with Gasteiger partial charge in [-0.2, -0.15) is 4.31 Å². The average Bonchev–Trinajstić information content (AvgIpc) is 3.26. The van der Waals surface area contributed by atoms with E-state index in [-0.39, 0.29) is 115 Å². The number of alkyl carbamates (subject to hydrolysis) is 1. The van der Waals surface area contributed by atoms with Crippen LogP contribution >= 0.6 is 0 Å². The molecule has 0 saturated carbocycles. The molecule has 22 heteroatoms. The van der Waals surface area contributed by atoms with Crippen LogP contribution in [0.25, 0.3) is 17.1 Å². The highest BCUT2D eigenvalue weighted by atomic mass is 32.2. The molecule has 1 aromatic heterocycles. The van der Waals surface area contributed by atoms with Crippen LogP contribution in [0.2, 0.25) is 0 Å². The number of nitrogens with one attached hydrogen (secondary N) is 5. The molecule has 21 nitrogen and oxygen atoms in total. The first-order valence-electron chi connectivity index (χ1n) is 28.5. The fraction of sp³-hybridized carbons (Fsp3) is 0.475. The Morgan fingerprint density at radius 1 is 0.723 bits per heavy atom. The molecule has 0 radical (unpaired) electrons. The second kappa shape index (κ2) is 28.1. The SMILES string of the molecule is CCNC(=O)c1nnc(-c2cc(C(C)C)c(O)cc2O)n1-c1ccc(S(=O)(=O)N2CCC(COC(=O)N[C@@H](CCc3ccccc3)C(=O)N[C@@H](CC(C)C)C(=O)N[C@@H](Cc3ccccc3)C(=O)N[C@@H](CC(C)C)C(=O)[C@@]3(C)CO3)CC2)cc1. The van der Waals surface area contributed by atoms with Crippen molar-refractivity contribution in [3.05, 3.63) is 120 Å². The lowest BCUT2D eigenvalue weighted by atomic mass is 9.93. The van der Waals surface area contributed by atoms with Crippen molar-refractivity contribution in [2.24, 2.45) is 17.8 Å². The lowest BCUT2D eigenvalue weighted by molar-refractivity contribution is -0.134. The van der Waals surface area contributed by atoms with Crippen LogP contribution in [0.15, 0.2) is 102 Å². The summed E-state index contributed by atoms with van der Waals surface area (Å²) >= 11 is 0. The molecule has 446 valence electrons. The molecule has 5 amide bonds. The van der Waals surface area contributed by atoms with Crippen LogP contribution in [-0.4, -0.2) is 136 Å². The van der Waals surface area contributed by atoms with Gasteiger partial charge in [0.15, 0.2) is 11.6 Å². The number of carbonyl (C=O) groups is 6. The van der Waals surface area contributed by atoms with Crippen molar-refractivity contribution in [2.45, 2.75) is 141 Å². The zero-order valence-corrected chi connectivity index (χ0v) is 49.3. The third-order valence-electron chi connectivity index (χ3n) is 14.8. The summed E-state index contributed by atoms with van der Waals surface area (Å²) in [5.74, 6) is -3.42. The van der Waals surface area contributed by atoms with Crippen LogP contribution in [-0.2, 0) is 51.5 Å². The summed E-state index contributed by atoms with van der Waals surface area (Å²) in [5.41, 5.74) is 1.74. The quantitative estimate of drug-likeness (QED) is 0.0277. The van der Waals surface area contributed by atoms with E-state index in [0.29, 0.717) is 36.9 Å². The number of carbonyl (C=O) groups excluding carboxylic acids is 6. The number of phenols is 2. The normalized spacial score (nSPS) is 17.0. The number of epoxide rings is 1. The molecule has 7 N–H and O–H groups in total. The molecular formula is C61H79N9O12S. The number of aromatic hydroxyl groups is 2. The van der Waals surface area contributed by atoms with Crippen molar-refractivity contribution in [1.29, 1.82) is 0 Å². The first-order valence-corrected chi connectivity index (χ1v) is 29.9. The zero-order chi connectivity index (χ0) is 60.2. The van der Waals surface area contributed by atoms with Gasteiger partial charge in [-0.3, -0.25) is 28.5 Å². The van der Waals surface area contributed by atoms with Crippen molar-refractivity contribution in [1.82, 2.24) is 45.7 Å². The van der Waals surface area contributed by atoms with Crippen LogP contribution in [0.1, 0.15) is 121 Å². The number of sulfonamides is 1. The Hall–Kier alpha value is -7.69. The highest BCUT2D eigenvalue weighted by Crippen LogP contribution is 2.39. The number of nitrogens with zero attached hydrogens (tertiary/aromatic N) is 4. The van der Waals surface area contributed by atoms with Crippen LogP contribution in [0, 0.1) is 17.8 Å². The van der Waals surface area contributed by atoms with Crippen molar-refractivity contribution >= 4 is 45.5 Å². The summed E-state index contributed by atoms with van der Waals surface area (Å²) in [6.45, 7) is 15.6. The van der Waals surface area contributed by atoms with Crippen LogP contribution in [0.4, 0.5) is 4.79 Å². The second-order valence-corrected chi connectivity index (χ2v) is 24.7. The van der Waals surface area contributed by atoms with Crippen LogP contribution in [0.5, 0.6) is 11.5 Å². The Labute approximate surface area is 485 Å². The second-order valence-electron chi connectivity index (χ2n) is 22.8. The maximum absolute atomic E-state index is 14.4. The molecule has 2 aliphatic heterocycles. The lowest BCUT2D eigenvalue weighted by Crippen LogP contribution is -2.59. The summed E-state index contributed by atoms with van der Waals surface area (Å²) in [5, 5.41) is 43.9. The molecule has 2 aliphatic rings. The molecule has 7 rings (SSSR count). The van der Waals surface area contributed by atoms with E-state index in [4.69, 9.17) is 9.47 Å². The third kappa shape index (κ3) is 16.5. The van der Waals surface area contributed by atoms with Gasteiger partial charge in [-0.1, -0.05) is 102 Å². The Balaban J connectivity index is 0.998. The largest absolute Gasteiger partial charge is 0.508 e. The van der Waals surface area contributed by atoms with Crippen molar-refractivity contribution < 1.29 is 56.9 Å². The molecule has 0 bridgehead atoms. The molecule has 0 aliphatic carbocycles. The van der Waals surface area contributed by atoms with E-state index >= 15 is 0 Å². The van der Waals surface area contributed by atoms with Gasteiger partial charge in [-0.15, -0.1) is 10.2 Å². The minimum Gasteiger partial charge on any atom is -0.508 e. The van der Waals surface area contributed by atoms with Crippen LogP contribution in [0.3, 0.4) is 0 Å². The molecular weight excluding hydrogens is 1080 g/mol. The van der Waals surface area contributed by atoms with Gasteiger partial charge in [-0.05, 0) is 123 Å². The van der Waals surface area contributed by atoms with Gasteiger partial charge >= 0.3 is 6.09 Å². The van der Waals surface area contributed by atoms with E-state index in [1.165, 1.54) is 39.2 Å². The molecule has 5 atom stereocenters. The molecule has 0 spiro atoms. The number of hydrogen-bond donors (Lipinski definition) is 7. The van der Waals surface area contributed by atoms with Gasteiger partial charge in [0.25, 0.3) is 5.91 Å². The summed E-state index contributed by atoms with van der Waals surface area (Å²) in [6.07, 6.45) is 1.01. The number of ether oxygens (including phenoxy) is 2. The number of benzene rings is 4. The molecule has 2 fully saturated rings. The molecule has 83 heavy (non-hydrogen) atoms. The summed E-state index contributed by atoms with van der Waals surface area (Å²) < 4.78 is 42.1. The Morgan fingerprint density at radius 3 is 1.88 bits per heavy atom. The number of hydrogen-bond acceptors (Lipinski definition) is 14. The van der Waals surface area contributed by atoms with Gasteiger partial charge < -0.3 is 46.3 Å². The van der Waals surface area contributed by atoms with Gasteiger partial charge in [0.1, 0.15) is 35.2 Å². The van der Waals surface area contributed by atoms with Gasteiger partial charge in [0.05, 0.1) is 29.7 Å². The summed E-state index contributed by atoms with van der Waals surface area (Å²) in [6, 6.07) is 22.9. The maximum Gasteiger partial charge on any atom is 0.407 e. The van der Waals surface area contributed by atoms with E-state index in [0.717, 1.165) is 11.1 Å². The lowest BCUT2D eigenvalue weighted by Gasteiger charge is -2.31. The van der Waals surface area contributed by atoms with E-state index < -0.39 is 69.5 Å². The highest BCUT2D eigenvalue weighted by Gasteiger charge is 2.50. The third-order valence-corrected chi connectivity index (χ3v) is 16.7. The summed E-state index contributed by atoms with van der Waals surface area (Å²) in [7, 11) is -4.03. The molecule has 0 unspecified atom stereocenters. The smallest absolute Gasteiger partial charge is 0.407 e. The molecule has 3 heterocycles. The van der Waals surface area contributed by atoms with E-state index in [1.54, 1.807) is 19.9 Å². The fourth-order valence-corrected chi connectivity index (χ4v) is 11.5. The van der Waals surface area contributed by atoms with Crippen LogP contribution < -0.4 is 26.6 Å². The van der Waals surface area contributed by atoms with Gasteiger partial charge in [0.2, 0.25) is 33.6 Å². The molecule has 2 saturated heterocycles. The number of amides is 5. The Bertz CT molecular complexity index is 3180. The number of rotatable bonds is 27. The van der Waals surface area contributed by atoms with Gasteiger partial charge in [0, 0.05) is 37.8 Å². The zero-order valence-electron chi connectivity index (χ0n) is 48.5. The highest BCUT2D eigenvalue weighted by molar-refractivity contribution is 7.89. The monoisotopic (exact) mass is 1160 g/mol. The minimum absolute atomic E-state index is 0.0120. The van der Waals surface area contributed by atoms with Gasteiger partial charge in [-0.25, -0.2) is 13.2 Å². The van der Waals surface area contributed by atoms with E-state index in [1.807, 2.05) is 102 Å². The van der Waals surface area contributed by atoms with Crippen molar-refractivity contribution in [3.63, 3.8) is 0 Å². The maximum atomic E-state index is 14.4. The predicted octanol–water partition coefficient (Wildman–Crippen LogP) is 6.49. The topological polar surface area (TPSA) is 293 Å². The molecule has 4 aromatic carbocycles. The first-order chi connectivity index (χ1) is 39.5. The number of piperidine rings is 1. The Morgan fingerprint density at radius 2 is 1.29 bits per heavy atom. The molecule has 5 aromatic rings. The van der Waals surface area contributed by atoms with Crippen molar-refractivity contribution in [3.8, 4) is 28.6 Å². The summed E-state index contributed by atoms with van der Waals surface area (Å²) in [4.78, 5) is 83.3. The minimum atomic E-state index is -4.03. The van der Waals surface area contributed by atoms with E-state index in [9.17, 15) is 47.4 Å². The fourth-order valence-electron chi connectivity index (χ4n) is 10.1. The number of phenolic OH excluding ortho intramolecular Hbond substituents is 2. The number of aryl methyl sites for hydroxylation is 1. The number of ketones is 1. The Kier molecular flexibility index (Phi) is 21.3. The standard InChI is InChI=1S/C61H79N9O12S/c1-9-62-59(77)55-68-67-54(46-33-45(39(6)7)51(71)34-52(46)72)70(55)43-21-23-44(24-22-43)83(79,80)69-28-26-42(27-29-69)35-81-60(78)66-47(25-20-40-16-12-10-13-17-40)56(74)64-49(31-38(4)5)57(75)65-50(32-41-18-14-11-15-19-41)58(76)63-48(30-37(2)3)53(73)61(8)36-82-61/h10-19,21-24,33-34,37-39,42,47-50,71-72H,9,20,25-32,35-36H2,1-8H3,(H,62,77)(H,63,76)(H,64,74)(H,65,75)(H,66,78)/t47-,48-,49-,50-,61+/m0/s1.